The Morgan fingerprint density at radius 2 is 1.68 bits per heavy atom. The molecule has 4 heterocycles. The van der Waals surface area contributed by atoms with Gasteiger partial charge in [-0.2, -0.15) is 5.10 Å². The van der Waals surface area contributed by atoms with Gasteiger partial charge < -0.3 is 30.2 Å². The summed E-state index contributed by atoms with van der Waals surface area (Å²) in [6.45, 7) is 9.87. The number of nitrogens with zero attached hydrogens (tertiary/aromatic N) is 5. The maximum Gasteiger partial charge on any atom is 0.419 e. The van der Waals surface area contributed by atoms with Gasteiger partial charge in [-0.05, 0) is 37.0 Å². The molecule has 0 aliphatic carbocycles. The van der Waals surface area contributed by atoms with Crippen molar-refractivity contribution in [2.45, 2.75) is 65.2 Å². The van der Waals surface area contributed by atoms with Crippen molar-refractivity contribution in [3.05, 3.63) is 60.0 Å². The molecule has 3 atom stereocenters. The summed E-state index contributed by atoms with van der Waals surface area (Å²) in [5.74, 6) is -1.27. The molecule has 0 saturated carbocycles. The number of nitriles is 1. The summed E-state index contributed by atoms with van der Waals surface area (Å²) in [6.07, 6.45) is 1.51. The predicted molar refractivity (Wildman–Crippen MR) is 157 cm³/mol. The van der Waals surface area contributed by atoms with Crippen LogP contribution < -0.4 is 5.73 Å². The van der Waals surface area contributed by atoms with Crippen molar-refractivity contribution >= 4 is 35.5 Å². The molecule has 3 unspecified atom stereocenters. The van der Waals surface area contributed by atoms with Crippen LogP contribution in [0.15, 0.2) is 48.8 Å². The van der Waals surface area contributed by atoms with Crippen LogP contribution in [0.2, 0.25) is 0 Å². The van der Waals surface area contributed by atoms with Gasteiger partial charge in [0.15, 0.2) is 5.82 Å². The van der Waals surface area contributed by atoms with Crippen molar-refractivity contribution in [2.75, 3.05) is 18.9 Å². The van der Waals surface area contributed by atoms with Gasteiger partial charge in [-0.25, -0.2) is 29.3 Å². The van der Waals surface area contributed by atoms with E-state index in [9.17, 15) is 9.59 Å². The van der Waals surface area contributed by atoms with Crippen LogP contribution in [-0.2, 0) is 30.2 Å². The number of nitrogen functional groups attached to an aromatic ring is 1. The predicted octanol–water partition coefficient (Wildman–Crippen LogP) is 4.08. The standard InChI is InChI=1S/C22H23N5O5.2C2H4O2.C2H6.CHN/c23-20-18-8-7-17(27(18)25-13-24-20)19-9-6-16(32-19)12-31-22(29)26-15(11-30-21(26)28)10-14-4-2-1-3-5-14;2*1-2(3)4;2*1-2/h1-5,7-8,13,15-16,19H,6,9-12H2,(H2,23,24,25);2*1H3,(H,3,4);1-2H3;1H. The highest BCUT2D eigenvalue weighted by molar-refractivity contribution is 5.89. The van der Waals surface area contributed by atoms with E-state index in [1.165, 1.54) is 6.33 Å². The summed E-state index contributed by atoms with van der Waals surface area (Å²) < 4.78 is 18.3. The molecule has 2 aromatic heterocycles. The van der Waals surface area contributed by atoms with E-state index in [4.69, 9.17) is 45.0 Å². The van der Waals surface area contributed by atoms with E-state index in [1.807, 2.05) is 56.3 Å². The van der Waals surface area contributed by atoms with E-state index in [-0.39, 0.29) is 25.4 Å². The van der Waals surface area contributed by atoms with Crippen LogP contribution in [0.1, 0.15) is 57.9 Å². The first-order valence-electron chi connectivity index (χ1n) is 13.6. The van der Waals surface area contributed by atoms with Crippen LogP contribution in [-0.4, -0.2) is 79.2 Å². The van der Waals surface area contributed by atoms with Gasteiger partial charge in [0.2, 0.25) is 0 Å². The molecule has 44 heavy (non-hydrogen) atoms. The molecule has 2 fully saturated rings. The third-order valence-electron chi connectivity index (χ3n) is 5.81. The first-order chi connectivity index (χ1) is 21.1. The fourth-order valence-corrected chi connectivity index (χ4v) is 4.22. The SMILES string of the molecule is C#N.CC.CC(=O)O.CC(=O)O.Nc1ncnn2c(C3CCC(COC(=O)N4C(=O)OCC4Cc4ccccc4)O3)ccc12. The maximum atomic E-state index is 12.6. The average molecular weight is 615 g/mol. The monoisotopic (exact) mass is 614 g/mol. The molecule has 2 aliphatic rings. The number of carbonyl (C=O) groups excluding carboxylic acids is 2. The number of fused-ring (bicyclic) bond motifs is 1. The molecule has 0 bridgehead atoms. The van der Waals surface area contributed by atoms with Gasteiger partial charge in [0, 0.05) is 20.4 Å². The average Bonchev–Trinajstić information content (AvgIpc) is 3.73. The quantitative estimate of drug-likeness (QED) is 0.369. The van der Waals surface area contributed by atoms with Gasteiger partial charge in [0.05, 0.1) is 17.8 Å². The van der Waals surface area contributed by atoms with Gasteiger partial charge in [-0.1, -0.05) is 44.2 Å². The zero-order valence-electron chi connectivity index (χ0n) is 25.0. The normalized spacial score (nSPS) is 18.0. The first-order valence-corrected chi connectivity index (χ1v) is 13.6. The molecule has 2 aliphatic heterocycles. The lowest BCUT2D eigenvalue weighted by atomic mass is 10.1. The summed E-state index contributed by atoms with van der Waals surface area (Å²) in [4.78, 5) is 47.8. The number of amides is 2. The Balaban J connectivity index is 0.000000703. The minimum atomic E-state index is -0.833. The Labute approximate surface area is 254 Å². The van der Waals surface area contributed by atoms with Gasteiger partial charge in [-0.3, -0.25) is 9.59 Å². The number of imide groups is 1. The maximum absolute atomic E-state index is 12.6. The molecule has 15 nitrogen and oxygen atoms in total. The van der Waals surface area contributed by atoms with E-state index < -0.39 is 30.2 Å². The minimum absolute atomic E-state index is 0.0532. The van der Waals surface area contributed by atoms with E-state index in [0.29, 0.717) is 18.7 Å². The van der Waals surface area contributed by atoms with E-state index in [2.05, 4.69) is 16.7 Å². The van der Waals surface area contributed by atoms with Crippen molar-refractivity contribution in [1.29, 1.82) is 5.26 Å². The Bertz CT molecular complexity index is 1360. The van der Waals surface area contributed by atoms with Crippen molar-refractivity contribution in [3.63, 3.8) is 0 Å². The molecule has 5 rings (SSSR count). The number of ether oxygens (including phenoxy) is 3. The summed E-state index contributed by atoms with van der Waals surface area (Å²) in [7, 11) is 0. The van der Waals surface area contributed by atoms with Gasteiger partial charge in [-0.15, -0.1) is 0 Å². The number of carbonyl (C=O) groups is 4. The van der Waals surface area contributed by atoms with Crippen LogP contribution in [0.25, 0.3) is 5.52 Å². The van der Waals surface area contributed by atoms with Gasteiger partial charge >= 0.3 is 12.2 Å². The smallest absolute Gasteiger partial charge is 0.419 e. The second-order valence-electron chi connectivity index (χ2n) is 8.93. The molecule has 1 aromatic carbocycles. The molecule has 2 amide bonds. The highest BCUT2D eigenvalue weighted by Crippen LogP contribution is 2.34. The second kappa shape index (κ2) is 19.1. The number of aliphatic carboxylic acids is 2. The van der Waals surface area contributed by atoms with Crippen molar-refractivity contribution < 1.29 is 43.6 Å². The Morgan fingerprint density at radius 3 is 2.30 bits per heavy atom. The highest BCUT2D eigenvalue weighted by Gasteiger charge is 2.40. The van der Waals surface area contributed by atoms with E-state index in [1.54, 1.807) is 4.52 Å². The van der Waals surface area contributed by atoms with Crippen molar-refractivity contribution in [2.24, 2.45) is 0 Å². The fraction of sp³-hybridized carbons (Fsp3) is 0.414. The molecule has 3 aromatic rings. The number of rotatable bonds is 5. The first kappa shape index (κ1) is 36.8. The van der Waals surface area contributed by atoms with Crippen LogP contribution >= 0.6 is 0 Å². The Hall–Kier alpha value is -5.23. The fourth-order valence-electron chi connectivity index (χ4n) is 4.22. The number of nitrogens with two attached hydrogens (primary N) is 1. The highest BCUT2D eigenvalue weighted by atomic mass is 16.6. The molecule has 238 valence electrons. The summed E-state index contributed by atoms with van der Waals surface area (Å²) >= 11 is 0. The topological polar surface area (TPSA) is 220 Å². The van der Waals surface area contributed by atoms with Crippen LogP contribution in [0, 0.1) is 11.8 Å². The number of benzene rings is 1. The van der Waals surface area contributed by atoms with Gasteiger partial charge in [0.25, 0.3) is 11.9 Å². The second-order valence-corrected chi connectivity index (χ2v) is 8.93. The lowest BCUT2D eigenvalue weighted by Crippen LogP contribution is -2.41. The Morgan fingerprint density at radius 1 is 1.07 bits per heavy atom. The third kappa shape index (κ3) is 11.2. The van der Waals surface area contributed by atoms with Crippen molar-refractivity contribution in [1.82, 2.24) is 19.5 Å². The number of cyclic esters (lactones) is 1. The Kier molecular flexibility index (Phi) is 15.9. The number of carboxylic acid groups (broad SMARTS) is 2. The molecule has 15 heteroatoms. The van der Waals surface area contributed by atoms with Crippen LogP contribution in [0.3, 0.4) is 0 Å². The van der Waals surface area contributed by atoms with Crippen LogP contribution in [0.5, 0.6) is 0 Å². The lowest BCUT2D eigenvalue weighted by Gasteiger charge is -2.20. The minimum Gasteiger partial charge on any atom is -0.481 e. The molecular weight excluding hydrogens is 576 g/mol. The molecule has 4 N–H and O–H groups in total. The van der Waals surface area contributed by atoms with Crippen LogP contribution in [0.4, 0.5) is 15.4 Å². The van der Waals surface area contributed by atoms with Crippen molar-refractivity contribution in [3.8, 4) is 6.57 Å². The zero-order chi connectivity index (χ0) is 33.2. The molecular formula is C29H38N6O9. The molecule has 2 saturated heterocycles. The number of hydrogen-bond donors (Lipinski definition) is 3. The molecule has 0 radical (unpaired) electrons. The third-order valence-corrected chi connectivity index (χ3v) is 5.81. The zero-order valence-corrected chi connectivity index (χ0v) is 25.0. The summed E-state index contributed by atoms with van der Waals surface area (Å²) in [6, 6.07) is 13.0. The van der Waals surface area contributed by atoms with E-state index >= 15 is 0 Å². The van der Waals surface area contributed by atoms with E-state index in [0.717, 1.165) is 41.9 Å². The summed E-state index contributed by atoms with van der Waals surface area (Å²) in [5.41, 5.74) is 8.50. The molecule has 0 spiro atoms. The largest absolute Gasteiger partial charge is 0.481 e. The van der Waals surface area contributed by atoms with Gasteiger partial charge in [0.1, 0.15) is 31.2 Å². The summed E-state index contributed by atoms with van der Waals surface area (Å²) in [5, 5.41) is 25.6. The number of anilines is 1. The number of hydrogen-bond acceptors (Lipinski definition) is 11. The lowest BCUT2D eigenvalue weighted by molar-refractivity contribution is -0.135. The number of carboxylic acids is 2. The number of aromatic nitrogens is 3.